The Hall–Kier alpha value is -0.890. The Labute approximate surface area is 117 Å². The van der Waals surface area contributed by atoms with Crippen LogP contribution in [0.3, 0.4) is 0 Å². The van der Waals surface area contributed by atoms with Gasteiger partial charge >= 0.3 is 10.2 Å². The predicted molar refractivity (Wildman–Crippen MR) is 73.2 cm³/mol. The van der Waals surface area contributed by atoms with E-state index in [9.17, 15) is 13.5 Å². The number of hydrogen-bond donors (Lipinski definition) is 2. The van der Waals surface area contributed by atoms with E-state index in [-0.39, 0.29) is 23.5 Å². The van der Waals surface area contributed by atoms with Gasteiger partial charge in [0.1, 0.15) is 0 Å². The fourth-order valence-corrected chi connectivity index (χ4v) is 3.80. The smallest absolute Gasteiger partial charge is 0.303 e. The first kappa shape index (κ1) is 14.5. The SMILES string of the molecule is O=S(=O)(Nc1ncccc1Cl)N1CCCCC1CO. The number of piperidine rings is 1. The molecule has 1 aliphatic rings. The van der Waals surface area contributed by atoms with Gasteiger partial charge in [0.15, 0.2) is 5.82 Å². The van der Waals surface area contributed by atoms with E-state index in [0.29, 0.717) is 13.0 Å². The highest BCUT2D eigenvalue weighted by Crippen LogP contribution is 2.24. The van der Waals surface area contributed by atoms with E-state index < -0.39 is 10.2 Å². The zero-order valence-corrected chi connectivity index (χ0v) is 11.9. The van der Waals surface area contributed by atoms with Crippen LogP contribution in [-0.4, -0.2) is 42.0 Å². The van der Waals surface area contributed by atoms with Gasteiger partial charge < -0.3 is 5.11 Å². The summed E-state index contributed by atoms with van der Waals surface area (Å²) in [6.45, 7) is 0.210. The lowest BCUT2D eigenvalue weighted by Gasteiger charge is -2.33. The maximum Gasteiger partial charge on any atom is 0.303 e. The highest BCUT2D eigenvalue weighted by Gasteiger charge is 2.32. The molecule has 0 saturated carbocycles. The molecule has 1 atom stereocenters. The molecule has 0 spiro atoms. The van der Waals surface area contributed by atoms with Gasteiger partial charge in [0, 0.05) is 18.8 Å². The van der Waals surface area contributed by atoms with E-state index in [1.807, 2.05) is 0 Å². The summed E-state index contributed by atoms with van der Waals surface area (Å²) in [4.78, 5) is 3.90. The van der Waals surface area contributed by atoms with Gasteiger partial charge in [-0.1, -0.05) is 18.0 Å². The molecule has 2 rings (SSSR count). The van der Waals surface area contributed by atoms with Crippen LogP contribution in [0.25, 0.3) is 0 Å². The van der Waals surface area contributed by atoms with Gasteiger partial charge in [-0.2, -0.15) is 12.7 Å². The van der Waals surface area contributed by atoms with Crippen molar-refractivity contribution in [1.82, 2.24) is 9.29 Å². The van der Waals surface area contributed by atoms with E-state index in [1.54, 1.807) is 12.1 Å². The maximum atomic E-state index is 12.3. The topological polar surface area (TPSA) is 82.5 Å². The van der Waals surface area contributed by atoms with Crippen molar-refractivity contribution in [2.75, 3.05) is 17.9 Å². The first-order chi connectivity index (χ1) is 9.04. The maximum absolute atomic E-state index is 12.3. The minimum atomic E-state index is -3.74. The van der Waals surface area contributed by atoms with Crippen LogP contribution in [0.5, 0.6) is 0 Å². The van der Waals surface area contributed by atoms with Gasteiger partial charge in [0.25, 0.3) is 0 Å². The molecule has 1 saturated heterocycles. The first-order valence-electron chi connectivity index (χ1n) is 6.05. The Kier molecular flexibility index (Phi) is 4.62. The molecule has 6 nitrogen and oxygen atoms in total. The quantitative estimate of drug-likeness (QED) is 0.877. The average molecular weight is 306 g/mol. The molecule has 2 N–H and O–H groups in total. The molecule has 2 heterocycles. The van der Waals surface area contributed by atoms with Crippen LogP contribution in [0.2, 0.25) is 5.02 Å². The minimum absolute atomic E-state index is 0.103. The van der Waals surface area contributed by atoms with Crippen molar-refractivity contribution in [3.63, 3.8) is 0 Å². The standard InChI is InChI=1S/C11H16ClN3O3S/c12-10-5-3-6-13-11(10)14-19(17,18)15-7-2-1-4-9(15)8-16/h3,5-6,9,16H,1-2,4,7-8H2,(H,13,14). The Morgan fingerprint density at radius 3 is 3.00 bits per heavy atom. The lowest BCUT2D eigenvalue weighted by molar-refractivity contribution is 0.156. The van der Waals surface area contributed by atoms with Crippen molar-refractivity contribution < 1.29 is 13.5 Å². The Morgan fingerprint density at radius 1 is 1.53 bits per heavy atom. The summed E-state index contributed by atoms with van der Waals surface area (Å²) in [6.07, 6.45) is 3.83. The Balaban J connectivity index is 2.20. The fourth-order valence-electron chi connectivity index (χ4n) is 2.11. The molecule has 0 amide bonds. The van der Waals surface area contributed by atoms with Gasteiger partial charge in [-0.25, -0.2) is 4.98 Å². The summed E-state index contributed by atoms with van der Waals surface area (Å²) in [5, 5.41) is 9.51. The Morgan fingerprint density at radius 2 is 2.32 bits per heavy atom. The number of hydrogen-bond acceptors (Lipinski definition) is 4. The normalized spacial score (nSPS) is 21.3. The molecule has 1 aromatic rings. The molecule has 0 radical (unpaired) electrons. The van der Waals surface area contributed by atoms with E-state index >= 15 is 0 Å². The molecule has 8 heteroatoms. The molecule has 1 aliphatic heterocycles. The summed E-state index contributed by atoms with van der Waals surface area (Å²) in [6, 6.07) is 2.80. The van der Waals surface area contributed by atoms with Crippen LogP contribution in [-0.2, 0) is 10.2 Å². The number of aliphatic hydroxyl groups excluding tert-OH is 1. The molecule has 1 unspecified atom stereocenters. The largest absolute Gasteiger partial charge is 0.395 e. The summed E-state index contributed by atoms with van der Waals surface area (Å²) in [5.74, 6) is 0.103. The summed E-state index contributed by atoms with van der Waals surface area (Å²) >= 11 is 5.88. The monoisotopic (exact) mass is 305 g/mol. The molecule has 1 fully saturated rings. The minimum Gasteiger partial charge on any atom is -0.395 e. The van der Waals surface area contributed by atoms with Gasteiger partial charge in [0.05, 0.1) is 11.6 Å². The fraction of sp³-hybridized carbons (Fsp3) is 0.545. The van der Waals surface area contributed by atoms with Gasteiger partial charge in [-0.15, -0.1) is 0 Å². The number of anilines is 1. The first-order valence-corrected chi connectivity index (χ1v) is 7.87. The zero-order chi connectivity index (χ0) is 13.9. The van der Waals surface area contributed by atoms with E-state index in [0.717, 1.165) is 12.8 Å². The average Bonchev–Trinajstić information content (AvgIpc) is 2.41. The van der Waals surface area contributed by atoms with Crippen LogP contribution < -0.4 is 4.72 Å². The number of halogens is 1. The Bertz CT molecular complexity index is 538. The van der Waals surface area contributed by atoms with Crippen molar-refractivity contribution >= 4 is 27.6 Å². The number of aliphatic hydroxyl groups is 1. The van der Waals surface area contributed by atoms with E-state index in [4.69, 9.17) is 11.6 Å². The highest BCUT2D eigenvalue weighted by molar-refractivity contribution is 7.90. The molecule has 0 aliphatic carbocycles. The van der Waals surface area contributed by atoms with E-state index in [2.05, 4.69) is 9.71 Å². The third-order valence-corrected chi connectivity index (χ3v) is 4.93. The van der Waals surface area contributed by atoms with Crippen LogP contribution in [0.1, 0.15) is 19.3 Å². The van der Waals surface area contributed by atoms with Crippen molar-refractivity contribution in [3.05, 3.63) is 23.4 Å². The number of nitrogens with zero attached hydrogens (tertiary/aromatic N) is 2. The molecule has 1 aromatic heterocycles. The van der Waals surface area contributed by atoms with Crippen molar-refractivity contribution in [1.29, 1.82) is 0 Å². The second kappa shape index (κ2) is 6.04. The van der Waals surface area contributed by atoms with Crippen molar-refractivity contribution in [3.8, 4) is 0 Å². The second-order valence-corrected chi connectivity index (χ2v) is 6.41. The lowest BCUT2D eigenvalue weighted by atomic mass is 10.1. The third kappa shape index (κ3) is 3.36. The van der Waals surface area contributed by atoms with Crippen LogP contribution in [0, 0.1) is 0 Å². The number of rotatable bonds is 4. The van der Waals surface area contributed by atoms with Crippen LogP contribution in [0.15, 0.2) is 18.3 Å². The summed E-state index contributed by atoms with van der Waals surface area (Å²) in [5.41, 5.74) is 0. The molecule has 0 bridgehead atoms. The molecular formula is C11H16ClN3O3S. The highest BCUT2D eigenvalue weighted by atomic mass is 35.5. The van der Waals surface area contributed by atoms with Crippen molar-refractivity contribution in [2.45, 2.75) is 25.3 Å². The molecular weight excluding hydrogens is 290 g/mol. The van der Waals surface area contributed by atoms with E-state index in [1.165, 1.54) is 10.5 Å². The number of nitrogens with one attached hydrogen (secondary N) is 1. The van der Waals surface area contributed by atoms with Crippen LogP contribution in [0.4, 0.5) is 5.82 Å². The lowest BCUT2D eigenvalue weighted by Crippen LogP contribution is -2.48. The van der Waals surface area contributed by atoms with Gasteiger partial charge in [-0.3, -0.25) is 4.72 Å². The molecule has 19 heavy (non-hydrogen) atoms. The van der Waals surface area contributed by atoms with Crippen molar-refractivity contribution in [2.24, 2.45) is 0 Å². The molecule has 106 valence electrons. The second-order valence-electron chi connectivity index (χ2n) is 4.38. The zero-order valence-electron chi connectivity index (χ0n) is 10.3. The van der Waals surface area contributed by atoms with Gasteiger partial charge in [-0.05, 0) is 25.0 Å². The summed E-state index contributed by atoms with van der Waals surface area (Å²) in [7, 11) is -3.74. The number of pyridine rings is 1. The van der Waals surface area contributed by atoms with Gasteiger partial charge in [0.2, 0.25) is 0 Å². The number of aromatic nitrogens is 1. The summed E-state index contributed by atoms with van der Waals surface area (Å²) < 4.78 is 28.2. The third-order valence-electron chi connectivity index (χ3n) is 3.08. The van der Waals surface area contributed by atoms with Crippen LogP contribution >= 0.6 is 11.6 Å². The molecule has 0 aromatic carbocycles. The predicted octanol–water partition coefficient (Wildman–Crippen LogP) is 1.24.